The summed E-state index contributed by atoms with van der Waals surface area (Å²) in [6.45, 7) is 0. The van der Waals surface area contributed by atoms with E-state index in [9.17, 15) is 13.2 Å². The summed E-state index contributed by atoms with van der Waals surface area (Å²) in [6, 6.07) is 34.4. The number of pyridine rings is 1. The Hall–Kier alpha value is -4.96. The monoisotopic (exact) mass is 551 g/mol. The zero-order chi connectivity index (χ0) is 28.4. The van der Waals surface area contributed by atoms with Crippen molar-refractivity contribution in [3.8, 4) is 11.1 Å². The van der Waals surface area contributed by atoms with Crippen molar-refractivity contribution >= 4 is 27.5 Å². The predicted molar refractivity (Wildman–Crippen MR) is 163 cm³/mol. The summed E-state index contributed by atoms with van der Waals surface area (Å²) in [7, 11) is 0. The smallest absolute Gasteiger partial charge is 0.251 e. The number of allylic oxidation sites excluding steroid dienone is 8. The topological polar surface area (TPSA) is 12.9 Å². The Morgan fingerprint density at radius 3 is 2.12 bits per heavy atom. The number of aromatic nitrogens is 1. The van der Waals surface area contributed by atoms with E-state index >= 15 is 0 Å². The average molecular weight is 552 g/mol. The van der Waals surface area contributed by atoms with E-state index in [1.54, 1.807) is 0 Å². The van der Waals surface area contributed by atoms with Crippen LogP contribution < -0.4 is 0 Å². The first-order valence-electron chi connectivity index (χ1n) is 14.0. The second kappa shape index (κ2) is 9.28. The summed E-state index contributed by atoms with van der Waals surface area (Å²) in [5.41, 5.74) is 10.5. The molecule has 4 heteroatoms. The lowest BCUT2D eigenvalue weighted by atomic mass is 9.66. The number of hydrogen-bond donors (Lipinski definition) is 0. The van der Waals surface area contributed by atoms with Crippen molar-refractivity contribution in [2.24, 2.45) is 5.92 Å². The van der Waals surface area contributed by atoms with Gasteiger partial charge in [-0.1, -0.05) is 121 Å². The maximum atomic E-state index is 13.3. The van der Waals surface area contributed by atoms with Gasteiger partial charge >= 0.3 is 6.18 Å². The largest absolute Gasteiger partial charge is 0.433 e. The van der Waals surface area contributed by atoms with E-state index < -0.39 is 11.9 Å². The Morgan fingerprint density at radius 2 is 1.38 bits per heavy atom. The van der Waals surface area contributed by atoms with Gasteiger partial charge in [0.1, 0.15) is 5.69 Å². The van der Waals surface area contributed by atoms with E-state index in [4.69, 9.17) is 0 Å². The van der Waals surface area contributed by atoms with E-state index in [1.165, 1.54) is 51.2 Å². The fourth-order valence-electron chi connectivity index (χ4n) is 7.06. The van der Waals surface area contributed by atoms with Gasteiger partial charge in [-0.2, -0.15) is 13.2 Å². The fraction of sp³-hybridized carbons (Fsp3) is 0.0789. The molecule has 3 aliphatic rings. The van der Waals surface area contributed by atoms with Crippen molar-refractivity contribution in [1.82, 2.24) is 4.98 Å². The van der Waals surface area contributed by atoms with Crippen LogP contribution in [0.15, 0.2) is 139 Å². The molecule has 0 amide bonds. The van der Waals surface area contributed by atoms with Crippen LogP contribution in [0.2, 0.25) is 0 Å². The zero-order valence-corrected chi connectivity index (χ0v) is 22.4. The lowest BCUT2D eigenvalue weighted by Gasteiger charge is -2.37. The molecular formula is C38H24F3N. The van der Waals surface area contributed by atoms with Crippen molar-refractivity contribution in [1.29, 1.82) is 0 Å². The molecule has 202 valence electrons. The Labute approximate surface area is 241 Å². The second-order valence-corrected chi connectivity index (χ2v) is 11.0. The molecule has 5 aromatic rings. The van der Waals surface area contributed by atoms with Gasteiger partial charge in [-0.25, -0.2) is 0 Å². The maximum Gasteiger partial charge on any atom is 0.433 e. The Morgan fingerprint density at radius 1 is 0.619 bits per heavy atom. The van der Waals surface area contributed by atoms with Gasteiger partial charge in [0.2, 0.25) is 0 Å². The second-order valence-electron chi connectivity index (χ2n) is 11.0. The van der Waals surface area contributed by atoms with E-state index in [2.05, 4.69) is 108 Å². The van der Waals surface area contributed by atoms with Crippen LogP contribution in [0.1, 0.15) is 33.9 Å². The third-order valence-electron chi connectivity index (χ3n) is 8.73. The summed E-state index contributed by atoms with van der Waals surface area (Å²) in [5.74, 6) is 0.272. The van der Waals surface area contributed by atoms with Crippen LogP contribution in [-0.2, 0) is 6.18 Å². The molecule has 0 radical (unpaired) electrons. The highest BCUT2D eigenvalue weighted by molar-refractivity contribution is 6.29. The third-order valence-corrected chi connectivity index (χ3v) is 8.73. The Kier molecular flexibility index (Phi) is 5.48. The van der Waals surface area contributed by atoms with E-state index in [0.29, 0.717) is 5.56 Å². The van der Waals surface area contributed by atoms with Gasteiger partial charge in [-0.05, 0) is 66.9 Å². The summed E-state index contributed by atoms with van der Waals surface area (Å²) >= 11 is 0. The first kappa shape index (κ1) is 24.8. The van der Waals surface area contributed by atoms with Crippen LogP contribution in [0.25, 0.3) is 38.6 Å². The van der Waals surface area contributed by atoms with Gasteiger partial charge < -0.3 is 0 Å². The zero-order valence-electron chi connectivity index (χ0n) is 22.4. The molecule has 2 unspecified atom stereocenters. The molecule has 3 aliphatic carbocycles. The SMILES string of the molecule is FC(F)(F)c1ccc(-c2ccc3c4c(cccc24)C2=C3C(c3ccccc3)=C3C=CC=CC3C2c2ccccc2)cn1. The number of nitrogens with zero attached hydrogens (tertiary/aromatic N) is 1. The third kappa shape index (κ3) is 3.68. The van der Waals surface area contributed by atoms with Crippen molar-refractivity contribution in [2.45, 2.75) is 12.1 Å². The number of hydrogen-bond acceptors (Lipinski definition) is 1. The highest BCUT2D eigenvalue weighted by Gasteiger charge is 2.42. The standard InChI is InChI=1S/C38H24F3N/c39-38(40,41)32-21-18-25(22-42-32)26-19-20-31-35-27(26)16-9-17-30(35)36-33(23-10-3-1-4-11-23)28-14-7-8-15-29(28)34(37(31)36)24-12-5-2-6-13-24/h1-22,28,33H. The minimum absolute atomic E-state index is 0.110. The quantitative estimate of drug-likeness (QED) is 0.217. The minimum atomic E-state index is -4.48. The highest BCUT2D eigenvalue weighted by atomic mass is 19.4. The summed E-state index contributed by atoms with van der Waals surface area (Å²) in [5, 5.41) is 2.15. The number of fused-ring (bicyclic) bond motifs is 3. The Balaban J connectivity index is 1.41. The molecule has 8 rings (SSSR count). The van der Waals surface area contributed by atoms with E-state index in [-0.39, 0.29) is 11.8 Å². The van der Waals surface area contributed by atoms with Gasteiger partial charge in [0.25, 0.3) is 0 Å². The van der Waals surface area contributed by atoms with Crippen LogP contribution in [0.3, 0.4) is 0 Å². The predicted octanol–water partition coefficient (Wildman–Crippen LogP) is 10.1. The highest BCUT2D eigenvalue weighted by Crippen LogP contribution is 2.61. The van der Waals surface area contributed by atoms with Gasteiger partial charge in [-0.15, -0.1) is 0 Å². The van der Waals surface area contributed by atoms with Gasteiger partial charge in [0.15, 0.2) is 0 Å². The van der Waals surface area contributed by atoms with Gasteiger partial charge in [0.05, 0.1) is 0 Å². The summed E-state index contributed by atoms with van der Waals surface area (Å²) in [4.78, 5) is 3.76. The molecule has 1 aromatic heterocycles. The molecule has 0 saturated heterocycles. The molecule has 0 fully saturated rings. The first-order chi connectivity index (χ1) is 20.5. The van der Waals surface area contributed by atoms with Crippen LogP contribution in [-0.4, -0.2) is 4.98 Å². The number of alkyl halides is 3. The number of halogens is 3. The summed E-state index contributed by atoms with van der Waals surface area (Å²) in [6.07, 6.45) is 5.72. The van der Waals surface area contributed by atoms with Gasteiger partial charge in [0, 0.05) is 23.6 Å². The molecule has 0 saturated carbocycles. The molecule has 0 N–H and O–H groups in total. The molecule has 4 aromatic carbocycles. The fourth-order valence-corrected chi connectivity index (χ4v) is 7.06. The molecular weight excluding hydrogens is 527 g/mol. The Bertz CT molecular complexity index is 1990. The van der Waals surface area contributed by atoms with Crippen molar-refractivity contribution in [2.75, 3.05) is 0 Å². The molecule has 0 bridgehead atoms. The molecule has 0 aliphatic heterocycles. The van der Waals surface area contributed by atoms with Crippen LogP contribution in [0, 0.1) is 5.92 Å². The van der Waals surface area contributed by atoms with E-state index in [1.807, 2.05) is 12.1 Å². The number of rotatable bonds is 3. The van der Waals surface area contributed by atoms with Crippen molar-refractivity contribution in [3.05, 3.63) is 167 Å². The maximum absolute atomic E-state index is 13.3. The number of benzene rings is 4. The van der Waals surface area contributed by atoms with Crippen LogP contribution in [0.5, 0.6) is 0 Å². The molecule has 2 atom stereocenters. The summed E-state index contributed by atoms with van der Waals surface area (Å²) < 4.78 is 39.8. The van der Waals surface area contributed by atoms with Crippen molar-refractivity contribution < 1.29 is 13.2 Å². The van der Waals surface area contributed by atoms with Crippen molar-refractivity contribution in [3.63, 3.8) is 0 Å². The van der Waals surface area contributed by atoms with E-state index in [0.717, 1.165) is 28.0 Å². The first-order valence-corrected chi connectivity index (χ1v) is 14.0. The molecule has 0 spiro atoms. The lowest BCUT2D eigenvalue weighted by Crippen LogP contribution is -2.21. The minimum Gasteiger partial charge on any atom is -0.251 e. The normalized spacial score (nSPS) is 18.9. The van der Waals surface area contributed by atoms with Crippen LogP contribution in [0.4, 0.5) is 13.2 Å². The van der Waals surface area contributed by atoms with Crippen LogP contribution >= 0.6 is 0 Å². The molecule has 1 heterocycles. The van der Waals surface area contributed by atoms with Gasteiger partial charge in [-0.3, -0.25) is 4.98 Å². The molecule has 1 nitrogen and oxygen atoms in total. The molecule has 42 heavy (non-hydrogen) atoms. The average Bonchev–Trinajstić information content (AvgIpc) is 3.35. The lowest BCUT2D eigenvalue weighted by molar-refractivity contribution is -0.141.